The molecule has 0 aromatic rings. The van der Waals surface area contributed by atoms with E-state index in [-0.39, 0.29) is 109 Å². The highest BCUT2D eigenvalue weighted by Crippen LogP contribution is 2.32. The molecule has 2 aliphatic rings. The van der Waals surface area contributed by atoms with Gasteiger partial charge >= 0.3 is 23.9 Å². The van der Waals surface area contributed by atoms with E-state index in [1.165, 1.54) is 0 Å². The maximum Gasteiger partial charge on any atom is 0.309 e. The van der Waals surface area contributed by atoms with E-state index in [9.17, 15) is 19.2 Å². The van der Waals surface area contributed by atoms with Gasteiger partial charge in [0.25, 0.3) is 0 Å². The molecule has 1 N–H and O–H groups in total. The molecule has 8 nitrogen and oxygen atoms in total. The number of hydrogen-bond donors (Lipinski definition) is 1. The van der Waals surface area contributed by atoms with Gasteiger partial charge in [-0.2, -0.15) is 0 Å². The van der Waals surface area contributed by atoms with Crippen LogP contribution in [0.1, 0.15) is 70.6 Å². The first kappa shape index (κ1) is 32.6. The first-order valence-corrected chi connectivity index (χ1v) is 11.8. The molecule has 0 aromatic carbocycles. The Morgan fingerprint density at radius 2 is 1.21 bits per heavy atom. The lowest BCUT2D eigenvalue weighted by molar-refractivity contribution is -0.161. The van der Waals surface area contributed by atoms with Crippen LogP contribution in [0.2, 0.25) is 0 Å². The minimum absolute atomic E-state index is 0. The van der Waals surface area contributed by atoms with Crippen molar-refractivity contribution in [2.75, 3.05) is 19.1 Å². The lowest BCUT2D eigenvalue weighted by atomic mass is 9.82. The van der Waals surface area contributed by atoms with Gasteiger partial charge in [0.1, 0.15) is 6.10 Å². The second-order valence-corrected chi connectivity index (χ2v) is 8.71. The minimum atomic E-state index is -0.777. The average molecular weight is 715 g/mol. The number of unbranched alkanes of at least 4 members (excludes halogenated alkanes) is 1. The van der Waals surface area contributed by atoms with Crippen LogP contribution in [-0.2, 0) is 33.4 Å². The van der Waals surface area contributed by atoms with Crippen molar-refractivity contribution in [1.29, 1.82) is 0 Å². The highest BCUT2D eigenvalue weighted by atomic mass is 127. The summed E-state index contributed by atoms with van der Waals surface area (Å²) in [7, 11) is 0. The second-order valence-electron chi connectivity index (χ2n) is 8.33. The van der Waals surface area contributed by atoms with E-state index in [0.717, 1.165) is 0 Å². The number of alkyl halides is 1. The van der Waals surface area contributed by atoms with E-state index in [4.69, 9.17) is 30.9 Å². The van der Waals surface area contributed by atoms with Crippen molar-refractivity contribution in [2.45, 2.75) is 76.7 Å². The number of ether oxygens (including phenoxy) is 3. The van der Waals surface area contributed by atoms with E-state index in [2.05, 4.69) is 0 Å². The molecule has 0 bridgehead atoms. The van der Waals surface area contributed by atoms with E-state index in [1.807, 2.05) is 0 Å². The molecule has 0 spiro atoms. The maximum atomic E-state index is 12.4. The molecule has 2 aliphatic carbocycles. The Hall–Kier alpha value is -0.370. The topological polar surface area (TPSA) is 116 Å². The van der Waals surface area contributed by atoms with Gasteiger partial charge in [-0.3, -0.25) is 19.2 Å². The van der Waals surface area contributed by atoms with E-state index < -0.39 is 5.97 Å². The summed E-state index contributed by atoms with van der Waals surface area (Å²) in [6, 6.07) is 0. The Morgan fingerprint density at radius 1 is 0.727 bits per heavy atom. The van der Waals surface area contributed by atoms with Gasteiger partial charge in [0, 0.05) is 5.88 Å². The van der Waals surface area contributed by atoms with Gasteiger partial charge in [-0.05, 0) is 64.2 Å². The molecule has 2 rings (SSSR count). The Bertz CT molecular complexity index is 618. The van der Waals surface area contributed by atoms with Crippen LogP contribution in [0.3, 0.4) is 0 Å². The Morgan fingerprint density at radius 3 is 1.73 bits per heavy atom. The van der Waals surface area contributed by atoms with Crippen LogP contribution >= 0.6 is 11.6 Å². The number of carboxylic acids is 1. The number of aliphatic carboxylic acids is 1. The van der Waals surface area contributed by atoms with E-state index >= 15 is 0 Å². The van der Waals surface area contributed by atoms with Gasteiger partial charge in [-0.25, -0.2) is 0 Å². The van der Waals surface area contributed by atoms with E-state index in [0.29, 0.717) is 70.8 Å². The third kappa shape index (κ3) is 12.2. The number of carboxylic acid groups (broad SMARTS) is 1. The number of hydrogen-bond acceptors (Lipinski definition) is 7. The van der Waals surface area contributed by atoms with Gasteiger partial charge in [0.15, 0.2) is 0 Å². The summed E-state index contributed by atoms with van der Waals surface area (Å²) in [6.07, 6.45) is 5.90. The Labute approximate surface area is 234 Å². The predicted octanol–water partition coefficient (Wildman–Crippen LogP) is -2.52. The quantitative estimate of drug-likeness (QED) is 0.0821. The zero-order valence-corrected chi connectivity index (χ0v) is 23.7. The van der Waals surface area contributed by atoms with Crippen molar-refractivity contribution < 1.29 is 86.4 Å². The number of rotatable bonds is 11. The molecule has 0 heterocycles. The van der Waals surface area contributed by atoms with Crippen molar-refractivity contribution >= 4 is 35.5 Å². The molecule has 0 radical (unpaired) electrons. The molecule has 0 amide bonds. The van der Waals surface area contributed by atoms with Crippen molar-refractivity contribution in [1.82, 2.24) is 0 Å². The summed E-state index contributed by atoms with van der Waals surface area (Å²) in [4.78, 5) is 46.8. The van der Waals surface area contributed by atoms with Crippen molar-refractivity contribution in [2.24, 2.45) is 17.8 Å². The van der Waals surface area contributed by atoms with Crippen LogP contribution in [0.5, 0.6) is 0 Å². The maximum absolute atomic E-state index is 12.4. The Kier molecular flexibility index (Phi) is 17.8. The largest absolute Gasteiger partial charge is 1.00 e. The van der Waals surface area contributed by atoms with Crippen molar-refractivity contribution in [3.05, 3.63) is 0 Å². The molecule has 0 unspecified atom stereocenters. The molecular weight excluding hydrogens is 681 g/mol. The van der Waals surface area contributed by atoms with Crippen LogP contribution in [0.15, 0.2) is 0 Å². The summed E-state index contributed by atoms with van der Waals surface area (Å²) in [5.74, 6) is -2.06. The first-order valence-electron chi connectivity index (χ1n) is 11.2. The molecule has 192 valence electrons. The number of carbonyl (C=O) groups is 4. The molecule has 0 aliphatic heterocycles. The molecular formula is C22H33ClI2O8-2. The Balaban J connectivity index is 0.00000512. The van der Waals surface area contributed by atoms with Crippen LogP contribution in [0.4, 0.5) is 0 Å². The summed E-state index contributed by atoms with van der Waals surface area (Å²) in [5, 5.41) is 9.04. The number of carbonyl (C=O) groups excluding carboxylic acids is 3. The molecule has 2 fully saturated rings. The summed E-state index contributed by atoms with van der Waals surface area (Å²) in [6.45, 7) is 0.575. The molecule has 0 aromatic heterocycles. The monoisotopic (exact) mass is 714 g/mol. The van der Waals surface area contributed by atoms with Crippen LogP contribution in [0, 0.1) is 17.8 Å². The SMILES string of the molecule is O=C(CCCl)OCCCCOC(=O)C1CCC(C(=O)OC2CCC(C(=O)O)CC2)CC1.[I-].[I-]. The van der Waals surface area contributed by atoms with Gasteiger partial charge in [-0.15, -0.1) is 11.6 Å². The van der Waals surface area contributed by atoms with Crippen LogP contribution < -0.4 is 48.0 Å². The zero-order chi connectivity index (χ0) is 22.6. The first-order chi connectivity index (χ1) is 14.9. The molecule has 0 atom stereocenters. The lowest BCUT2D eigenvalue weighted by Gasteiger charge is -2.30. The second kappa shape index (κ2) is 18.0. The summed E-state index contributed by atoms with van der Waals surface area (Å²) in [5.41, 5.74) is 0. The molecule has 33 heavy (non-hydrogen) atoms. The smallest absolute Gasteiger partial charge is 0.309 e. The molecule has 2 saturated carbocycles. The zero-order valence-electron chi connectivity index (χ0n) is 18.6. The number of esters is 3. The minimum Gasteiger partial charge on any atom is -1.00 e. The number of halogens is 3. The third-order valence-corrected chi connectivity index (χ3v) is 6.23. The highest BCUT2D eigenvalue weighted by Gasteiger charge is 2.34. The third-order valence-electron chi connectivity index (χ3n) is 6.04. The lowest BCUT2D eigenvalue weighted by Crippen LogP contribution is -3.00. The fourth-order valence-electron chi connectivity index (χ4n) is 4.08. The van der Waals surface area contributed by atoms with Gasteiger partial charge in [0.05, 0.1) is 37.4 Å². The fourth-order valence-corrected chi connectivity index (χ4v) is 4.24. The van der Waals surface area contributed by atoms with Crippen molar-refractivity contribution in [3.63, 3.8) is 0 Å². The summed E-state index contributed by atoms with van der Waals surface area (Å²) >= 11 is 5.45. The van der Waals surface area contributed by atoms with Crippen LogP contribution in [-0.4, -0.2) is 54.2 Å². The van der Waals surface area contributed by atoms with Gasteiger partial charge in [0.2, 0.25) is 0 Å². The average Bonchev–Trinajstić information content (AvgIpc) is 2.76. The van der Waals surface area contributed by atoms with Crippen molar-refractivity contribution in [3.8, 4) is 0 Å². The predicted molar refractivity (Wildman–Crippen MR) is 111 cm³/mol. The highest BCUT2D eigenvalue weighted by molar-refractivity contribution is 6.18. The summed E-state index contributed by atoms with van der Waals surface area (Å²) < 4.78 is 15.9. The van der Waals surface area contributed by atoms with E-state index in [1.54, 1.807) is 0 Å². The molecule has 11 heteroatoms. The van der Waals surface area contributed by atoms with Gasteiger partial charge in [-0.1, -0.05) is 0 Å². The molecule has 0 saturated heterocycles. The fraction of sp³-hybridized carbons (Fsp3) is 0.818. The van der Waals surface area contributed by atoms with Crippen LogP contribution in [0.25, 0.3) is 0 Å². The normalized spacial score (nSPS) is 24.4. The standard InChI is InChI=1S/C22H33ClO8.2HI/c23-12-11-19(24)29-13-1-2-14-30-21(27)16-3-5-17(6-4-16)22(28)31-18-9-7-15(8-10-18)20(25)26;;/h15-18H,1-14H2,(H,25,26);2*1H/p-2. The van der Waals surface area contributed by atoms with Gasteiger partial charge < -0.3 is 67.3 Å².